The lowest BCUT2D eigenvalue weighted by Gasteiger charge is -2.16. The fourth-order valence-corrected chi connectivity index (χ4v) is 3.38. The normalized spacial score (nSPS) is 15.6. The molecule has 2 aliphatic carbocycles. The van der Waals surface area contributed by atoms with Crippen molar-refractivity contribution < 1.29 is 4.39 Å². The molecule has 0 N–H and O–H groups in total. The zero-order chi connectivity index (χ0) is 12.8. The van der Waals surface area contributed by atoms with E-state index in [0.717, 1.165) is 11.6 Å². The van der Waals surface area contributed by atoms with Gasteiger partial charge in [-0.3, -0.25) is 0 Å². The van der Waals surface area contributed by atoms with Crippen molar-refractivity contribution in [2.75, 3.05) is 0 Å². The molecule has 0 amide bonds. The van der Waals surface area contributed by atoms with Crippen LogP contribution in [0.3, 0.4) is 0 Å². The summed E-state index contributed by atoms with van der Waals surface area (Å²) >= 11 is 0. The van der Waals surface area contributed by atoms with Crippen molar-refractivity contribution >= 4 is 12.2 Å². The third-order valence-corrected chi connectivity index (χ3v) is 4.29. The maximum absolute atomic E-state index is 13.3. The highest BCUT2D eigenvalue weighted by atomic mass is 19.1. The predicted molar refractivity (Wildman–Crippen MR) is 75.3 cm³/mol. The SMILES string of the molecule is Fc1ccc2c(c1)=CCc1c3c(ccc1=2)=CCCC3. The Morgan fingerprint density at radius 3 is 2.68 bits per heavy atom. The minimum atomic E-state index is -0.148. The summed E-state index contributed by atoms with van der Waals surface area (Å²) in [4.78, 5) is 0. The molecule has 0 nitrogen and oxygen atoms in total. The molecule has 94 valence electrons. The molecule has 2 aromatic rings. The highest BCUT2D eigenvalue weighted by molar-refractivity contribution is 5.47. The van der Waals surface area contributed by atoms with Gasteiger partial charge < -0.3 is 0 Å². The predicted octanol–water partition coefficient (Wildman–Crippen LogP) is 2.57. The van der Waals surface area contributed by atoms with Crippen LogP contribution in [-0.2, 0) is 12.8 Å². The van der Waals surface area contributed by atoms with Crippen LogP contribution in [0.5, 0.6) is 0 Å². The second kappa shape index (κ2) is 4.06. The third kappa shape index (κ3) is 1.65. The Morgan fingerprint density at radius 2 is 1.74 bits per heavy atom. The largest absolute Gasteiger partial charge is 0.207 e. The molecule has 0 aliphatic heterocycles. The summed E-state index contributed by atoms with van der Waals surface area (Å²) in [5.41, 5.74) is 2.96. The highest BCUT2D eigenvalue weighted by Crippen LogP contribution is 2.17. The summed E-state index contributed by atoms with van der Waals surface area (Å²) in [6, 6.07) is 9.56. The van der Waals surface area contributed by atoms with Crippen LogP contribution in [0, 0.1) is 16.3 Å². The fraction of sp³-hybridized carbons (Fsp3) is 0.222. The molecule has 2 aliphatic rings. The lowest BCUT2D eigenvalue weighted by molar-refractivity contribution is 0.626. The summed E-state index contributed by atoms with van der Waals surface area (Å²) in [7, 11) is 0. The molecule has 0 unspecified atom stereocenters. The van der Waals surface area contributed by atoms with Crippen molar-refractivity contribution in [3.63, 3.8) is 0 Å². The van der Waals surface area contributed by atoms with Crippen LogP contribution in [0.15, 0.2) is 30.3 Å². The molecule has 0 bridgehead atoms. The van der Waals surface area contributed by atoms with E-state index in [-0.39, 0.29) is 5.82 Å². The number of hydrogen-bond donors (Lipinski definition) is 0. The second-order valence-corrected chi connectivity index (χ2v) is 5.40. The van der Waals surface area contributed by atoms with Crippen molar-refractivity contribution in [1.29, 1.82) is 0 Å². The van der Waals surface area contributed by atoms with Crippen LogP contribution in [-0.4, -0.2) is 0 Å². The van der Waals surface area contributed by atoms with Gasteiger partial charge in [0.25, 0.3) is 0 Å². The summed E-state index contributed by atoms with van der Waals surface area (Å²) < 4.78 is 13.3. The summed E-state index contributed by atoms with van der Waals surface area (Å²) in [5.74, 6) is -0.148. The van der Waals surface area contributed by atoms with Gasteiger partial charge in [0.2, 0.25) is 0 Å². The van der Waals surface area contributed by atoms with Gasteiger partial charge >= 0.3 is 0 Å². The first-order valence-electron chi connectivity index (χ1n) is 6.94. The van der Waals surface area contributed by atoms with Gasteiger partial charge in [0.15, 0.2) is 0 Å². The number of benzene rings is 2. The lowest BCUT2D eigenvalue weighted by Crippen LogP contribution is -2.19. The summed E-state index contributed by atoms with van der Waals surface area (Å²) in [6.45, 7) is 0. The zero-order valence-corrected chi connectivity index (χ0v) is 10.7. The first-order valence-corrected chi connectivity index (χ1v) is 6.94. The number of fused-ring (bicyclic) bond motifs is 4. The van der Waals surface area contributed by atoms with E-state index < -0.39 is 0 Å². The first-order chi connectivity index (χ1) is 9.33. The average Bonchev–Trinajstić information content (AvgIpc) is 2.46. The molecule has 0 fully saturated rings. The molecule has 0 heterocycles. The van der Waals surface area contributed by atoms with E-state index in [9.17, 15) is 4.39 Å². The molecule has 1 heteroatoms. The van der Waals surface area contributed by atoms with Gasteiger partial charge in [0, 0.05) is 0 Å². The molecular formula is C18H15F. The molecule has 4 rings (SSSR count). The Kier molecular flexibility index (Phi) is 2.34. The van der Waals surface area contributed by atoms with Gasteiger partial charge in [-0.15, -0.1) is 0 Å². The smallest absolute Gasteiger partial charge is 0.123 e. The van der Waals surface area contributed by atoms with Gasteiger partial charge in [-0.1, -0.05) is 30.4 Å². The second-order valence-electron chi connectivity index (χ2n) is 5.40. The monoisotopic (exact) mass is 250 g/mol. The lowest BCUT2D eigenvalue weighted by atomic mass is 9.89. The van der Waals surface area contributed by atoms with Gasteiger partial charge in [-0.2, -0.15) is 0 Å². The van der Waals surface area contributed by atoms with Gasteiger partial charge in [0.1, 0.15) is 5.82 Å². The zero-order valence-electron chi connectivity index (χ0n) is 10.7. The number of hydrogen-bond acceptors (Lipinski definition) is 0. The quantitative estimate of drug-likeness (QED) is 0.674. The average molecular weight is 250 g/mol. The van der Waals surface area contributed by atoms with E-state index in [4.69, 9.17) is 0 Å². The van der Waals surface area contributed by atoms with Gasteiger partial charge in [-0.25, -0.2) is 4.39 Å². The van der Waals surface area contributed by atoms with Crippen LogP contribution in [0.25, 0.3) is 12.2 Å². The molecule has 0 radical (unpaired) electrons. The minimum absolute atomic E-state index is 0.148. The maximum atomic E-state index is 13.3. The van der Waals surface area contributed by atoms with E-state index in [2.05, 4.69) is 24.3 Å². The minimum Gasteiger partial charge on any atom is -0.207 e. The Morgan fingerprint density at radius 1 is 0.842 bits per heavy atom. The van der Waals surface area contributed by atoms with Gasteiger partial charge in [0.05, 0.1) is 0 Å². The number of rotatable bonds is 0. The highest BCUT2D eigenvalue weighted by Gasteiger charge is 2.11. The topological polar surface area (TPSA) is 0 Å². The Hall–Kier alpha value is -1.89. The molecule has 0 spiro atoms. The van der Waals surface area contributed by atoms with Crippen molar-refractivity contribution in [2.45, 2.75) is 25.7 Å². The standard InChI is InChI=1S/C18H15F/c19-14-7-10-16-13(11-14)6-9-17-15-4-2-1-3-12(15)5-8-18(16)17/h3,5-8,10-11H,1-2,4,9H2. The van der Waals surface area contributed by atoms with Crippen LogP contribution in [0.2, 0.25) is 0 Å². The van der Waals surface area contributed by atoms with Crippen LogP contribution < -0.4 is 10.4 Å². The first kappa shape index (κ1) is 11.0. The molecule has 0 saturated heterocycles. The van der Waals surface area contributed by atoms with Crippen molar-refractivity contribution in [3.8, 4) is 0 Å². The van der Waals surface area contributed by atoms with Crippen LogP contribution in [0.1, 0.15) is 24.0 Å². The van der Waals surface area contributed by atoms with E-state index in [1.165, 1.54) is 46.0 Å². The molecule has 0 aromatic heterocycles. The molecular weight excluding hydrogens is 235 g/mol. The van der Waals surface area contributed by atoms with Crippen molar-refractivity contribution in [1.82, 2.24) is 0 Å². The van der Waals surface area contributed by atoms with Crippen molar-refractivity contribution in [2.24, 2.45) is 0 Å². The fourth-order valence-electron chi connectivity index (χ4n) is 3.38. The van der Waals surface area contributed by atoms with Gasteiger partial charge in [-0.05, 0) is 69.8 Å². The maximum Gasteiger partial charge on any atom is 0.123 e. The Labute approximate surface area is 111 Å². The van der Waals surface area contributed by atoms with Crippen LogP contribution >= 0.6 is 0 Å². The Balaban J connectivity index is 2.21. The summed E-state index contributed by atoms with van der Waals surface area (Å²) in [5, 5.41) is 4.92. The molecule has 0 saturated carbocycles. The van der Waals surface area contributed by atoms with Crippen molar-refractivity contribution in [3.05, 3.63) is 68.2 Å². The van der Waals surface area contributed by atoms with Crippen LogP contribution in [0.4, 0.5) is 4.39 Å². The molecule has 2 aromatic carbocycles. The summed E-state index contributed by atoms with van der Waals surface area (Å²) in [6.07, 6.45) is 9.06. The van der Waals surface area contributed by atoms with E-state index in [1.807, 2.05) is 6.07 Å². The molecule has 0 atom stereocenters. The third-order valence-electron chi connectivity index (χ3n) is 4.29. The van der Waals surface area contributed by atoms with E-state index >= 15 is 0 Å². The molecule has 19 heavy (non-hydrogen) atoms. The Bertz CT molecular complexity index is 875. The van der Waals surface area contributed by atoms with E-state index in [0.29, 0.717) is 0 Å². The van der Waals surface area contributed by atoms with E-state index in [1.54, 1.807) is 12.1 Å². The number of halogens is 1.